The number of carbonyl (C=O) groups is 1. The molecule has 2 rings (SSSR count). The summed E-state index contributed by atoms with van der Waals surface area (Å²) >= 11 is 0. The number of aromatic nitrogens is 1. The minimum atomic E-state index is -0.801. The standard InChI is InChI=1S/C12H18FN5O/c13-7-5-6(11(16)19)10(15)18-12(7)17-9-4-2-1-3-8(9)14/h5,8-9H,1-4,14H2,(H2,16,19)(H3,15,17,18). The number of halogens is 1. The van der Waals surface area contributed by atoms with Crippen LogP contribution in [0, 0.1) is 5.82 Å². The smallest absolute Gasteiger partial charge is 0.252 e. The van der Waals surface area contributed by atoms with Gasteiger partial charge in [-0.3, -0.25) is 4.79 Å². The molecule has 7 N–H and O–H groups in total. The van der Waals surface area contributed by atoms with Crippen molar-refractivity contribution in [3.8, 4) is 0 Å². The van der Waals surface area contributed by atoms with E-state index in [9.17, 15) is 9.18 Å². The molecule has 104 valence electrons. The lowest BCUT2D eigenvalue weighted by atomic mass is 9.91. The third-order valence-corrected chi connectivity index (χ3v) is 3.41. The summed E-state index contributed by atoms with van der Waals surface area (Å²) in [6.07, 6.45) is 3.88. The zero-order valence-corrected chi connectivity index (χ0v) is 10.5. The second kappa shape index (κ2) is 5.40. The Morgan fingerprint density at radius 2 is 2.11 bits per heavy atom. The number of pyridine rings is 1. The molecule has 0 aliphatic heterocycles. The molecule has 0 saturated heterocycles. The van der Waals surface area contributed by atoms with Crippen LogP contribution in [0.3, 0.4) is 0 Å². The first-order valence-corrected chi connectivity index (χ1v) is 6.27. The lowest BCUT2D eigenvalue weighted by molar-refractivity contribution is 0.100. The fourth-order valence-electron chi connectivity index (χ4n) is 2.32. The highest BCUT2D eigenvalue weighted by Gasteiger charge is 2.23. The fourth-order valence-corrected chi connectivity index (χ4v) is 2.32. The Morgan fingerprint density at radius 3 is 2.74 bits per heavy atom. The molecular weight excluding hydrogens is 249 g/mol. The Labute approximate surface area is 110 Å². The van der Waals surface area contributed by atoms with Gasteiger partial charge in [0.1, 0.15) is 5.82 Å². The minimum absolute atomic E-state index is 0.0184. The summed E-state index contributed by atoms with van der Waals surface area (Å²) in [5.41, 5.74) is 16.5. The number of nitrogens with one attached hydrogen (secondary N) is 1. The van der Waals surface area contributed by atoms with Gasteiger partial charge in [-0.1, -0.05) is 12.8 Å². The van der Waals surface area contributed by atoms with Crippen molar-refractivity contribution in [2.45, 2.75) is 37.8 Å². The van der Waals surface area contributed by atoms with Gasteiger partial charge < -0.3 is 22.5 Å². The van der Waals surface area contributed by atoms with E-state index in [1.54, 1.807) is 0 Å². The summed E-state index contributed by atoms with van der Waals surface area (Å²) in [6.45, 7) is 0. The Balaban J connectivity index is 2.21. The average Bonchev–Trinajstić information content (AvgIpc) is 2.35. The van der Waals surface area contributed by atoms with Crippen LogP contribution < -0.4 is 22.5 Å². The molecule has 19 heavy (non-hydrogen) atoms. The summed E-state index contributed by atoms with van der Waals surface area (Å²) in [7, 11) is 0. The summed E-state index contributed by atoms with van der Waals surface area (Å²) < 4.78 is 13.8. The summed E-state index contributed by atoms with van der Waals surface area (Å²) in [6, 6.07) is 0.933. The third kappa shape index (κ3) is 2.93. The van der Waals surface area contributed by atoms with Gasteiger partial charge in [-0.25, -0.2) is 9.37 Å². The van der Waals surface area contributed by atoms with Crippen LogP contribution >= 0.6 is 0 Å². The quantitative estimate of drug-likeness (QED) is 0.638. The second-order valence-corrected chi connectivity index (χ2v) is 4.81. The Hall–Kier alpha value is -1.89. The van der Waals surface area contributed by atoms with Crippen molar-refractivity contribution in [1.82, 2.24) is 4.98 Å². The molecule has 1 aromatic heterocycles. The highest BCUT2D eigenvalue weighted by molar-refractivity contribution is 5.97. The van der Waals surface area contributed by atoms with Crippen molar-refractivity contribution in [3.63, 3.8) is 0 Å². The number of nitrogens with zero attached hydrogens (tertiary/aromatic N) is 1. The van der Waals surface area contributed by atoms with Crippen LogP contribution in [0.5, 0.6) is 0 Å². The maximum absolute atomic E-state index is 13.8. The van der Waals surface area contributed by atoms with Crippen LogP contribution in [-0.4, -0.2) is 23.0 Å². The van der Waals surface area contributed by atoms with E-state index in [1.165, 1.54) is 0 Å². The minimum Gasteiger partial charge on any atom is -0.383 e. The average molecular weight is 267 g/mol. The molecule has 1 aliphatic rings. The van der Waals surface area contributed by atoms with Gasteiger partial charge in [-0.15, -0.1) is 0 Å². The maximum Gasteiger partial charge on any atom is 0.252 e. The van der Waals surface area contributed by atoms with E-state index >= 15 is 0 Å². The summed E-state index contributed by atoms with van der Waals surface area (Å²) in [4.78, 5) is 14.9. The lowest BCUT2D eigenvalue weighted by Gasteiger charge is -2.29. The van der Waals surface area contributed by atoms with E-state index in [-0.39, 0.29) is 29.3 Å². The SMILES string of the molecule is NC(=O)c1cc(F)c(NC2CCCCC2N)nc1N. The number of hydrogen-bond donors (Lipinski definition) is 4. The van der Waals surface area contributed by atoms with Crippen molar-refractivity contribution >= 4 is 17.5 Å². The normalized spacial score (nSPS) is 23.1. The number of primary amides is 1. The number of rotatable bonds is 3. The van der Waals surface area contributed by atoms with Gasteiger partial charge in [0.15, 0.2) is 11.6 Å². The first-order valence-electron chi connectivity index (χ1n) is 6.27. The molecule has 0 bridgehead atoms. The summed E-state index contributed by atoms with van der Waals surface area (Å²) in [5.74, 6) is -1.52. The molecule has 1 heterocycles. The number of nitrogens with two attached hydrogens (primary N) is 3. The lowest BCUT2D eigenvalue weighted by Crippen LogP contribution is -2.43. The van der Waals surface area contributed by atoms with Crippen molar-refractivity contribution in [2.75, 3.05) is 11.1 Å². The number of anilines is 2. The molecular formula is C12H18FN5O. The first-order chi connectivity index (χ1) is 8.99. The maximum atomic E-state index is 13.8. The number of nitrogen functional groups attached to an aromatic ring is 1. The fraction of sp³-hybridized carbons (Fsp3) is 0.500. The molecule has 2 unspecified atom stereocenters. The monoisotopic (exact) mass is 267 g/mol. The van der Waals surface area contributed by atoms with Gasteiger partial charge >= 0.3 is 0 Å². The topological polar surface area (TPSA) is 120 Å². The van der Waals surface area contributed by atoms with E-state index in [0.29, 0.717) is 0 Å². The van der Waals surface area contributed by atoms with E-state index in [2.05, 4.69) is 10.3 Å². The molecule has 1 fully saturated rings. The number of carbonyl (C=O) groups excluding carboxylic acids is 1. The molecule has 2 atom stereocenters. The largest absolute Gasteiger partial charge is 0.383 e. The molecule has 0 spiro atoms. The van der Waals surface area contributed by atoms with Gasteiger partial charge in [-0.2, -0.15) is 0 Å². The van der Waals surface area contributed by atoms with E-state index in [1.807, 2.05) is 0 Å². The second-order valence-electron chi connectivity index (χ2n) is 4.81. The molecule has 7 heteroatoms. The van der Waals surface area contributed by atoms with Crippen molar-refractivity contribution in [1.29, 1.82) is 0 Å². The van der Waals surface area contributed by atoms with Gasteiger partial charge in [0, 0.05) is 12.1 Å². The van der Waals surface area contributed by atoms with Crippen LogP contribution in [0.4, 0.5) is 16.0 Å². The molecule has 1 saturated carbocycles. The van der Waals surface area contributed by atoms with Gasteiger partial charge in [-0.05, 0) is 18.9 Å². The van der Waals surface area contributed by atoms with Crippen LogP contribution in [0.15, 0.2) is 6.07 Å². The highest BCUT2D eigenvalue weighted by atomic mass is 19.1. The van der Waals surface area contributed by atoms with Crippen LogP contribution in [0.25, 0.3) is 0 Å². The van der Waals surface area contributed by atoms with Crippen molar-refractivity contribution in [2.24, 2.45) is 11.5 Å². The first kappa shape index (κ1) is 13.5. The van der Waals surface area contributed by atoms with Gasteiger partial charge in [0.2, 0.25) is 0 Å². The molecule has 0 radical (unpaired) electrons. The predicted molar refractivity (Wildman–Crippen MR) is 71.0 cm³/mol. The van der Waals surface area contributed by atoms with Crippen LogP contribution in [-0.2, 0) is 0 Å². The summed E-state index contributed by atoms with van der Waals surface area (Å²) in [5, 5.41) is 2.96. The van der Waals surface area contributed by atoms with E-state index in [4.69, 9.17) is 17.2 Å². The zero-order valence-electron chi connectivity index (χ0n) is 10.5. The van der Waals surface area contributed by atoms with Crippen molar-refractivity contribution in [3.05, 3.63) is 17.4 Å². The molecule has 1 aliphatic carbocycles. The molecule has 0 aromatic carbocycles. The van der Waals surface area contributed by atoms with Gasteiger partial charge in [0.25, 0.3) is 5.91 Å². The van der Waals surface area contributed by atoms with E-state index in [0.717, 1.165) is 31.7 Å². The van der Waals surface area contributed by atoms with Crippen molar-refractivity contribution < 1.29 is 9.18 Å². The Kier molecular flexibility index (Phi) is 3.84. The number of amides is 1. The molecule has 6 nitrogen and oxygen atoms in total. The molecule has 1 aromatic rings. The predicted octanol–water partition coefficient (Wildman–Crippen LogP) is 0.584. The van der Waals surface area contributed by atoms with Crippen LogP contribution in [0.2, 0.25) is 0 Å². The van der Waals surface area contributed by atoms with Gasteiger partial charge in [0.05, 0.1) is 5.56 Å². The van der Waals surface area contributed by atoms with E-state index < -0.39 is 11.7 Å². The Morgan fingerprint density at radius 1 is 1.42 bits per heavy atom. The molecule has 1 amide bonds. The third-order valence-electron chi connectivity index (χ3n) is 3.41. The number of hydrogen-bond acceptors (Lipinski definition) is 5. The van der Waals surface area contributed by atoms with Crippen LogP contribution in [0.1, 0.15) is 36.0 Å². The zero-order chi connectivity index (χ0) is 14.0. The Bertz CT molecular complexity index is 493. The highest BCUT2D eigenvalue weighted by Crippen LogP contribution is 2.23.